The second kappa shape index (κ2) is 12.6. The first kappa shape index (κ1) is 28.4. The second-order valence-electron chi connectivity index (χ2n) is 9.56. The maximum absolute atomic E-state index is 13.3. The molecule has 1 aliphatic carbocycles. The smallest absolute Gasteiger partial charge is 0.234 e. The van der Waals surface area contributed by atoms with E-state index in [1.165, 1.54) is 28.7 Å². The molecular formula is C30H30N6O3S2. The first-order valence-electron chi connectivity index (χ1n) is 13.5. The molecule has 1 atom stereocenters. The van der Waals surface area contributed by atoms with Gasteiger partial charge in [0.25, 0.3) is 0 Å². The van der Waals surface area contributed by atoms with Gasteiger partial charge in [0, 0.05) is 23.4 Å². The predicted octanol–water partition coefficient (Wildman–Crippen LogP) is 5.53. The topological polar surface area (TPSA) is 134 Å². The molecule has 2 aliphatic rings. The number of ether oxygens (including phenoxy) is 1. The van der Waals surface area contributed by atoms with Crippen molar-refractivity contribution < 1.29 is 14.3 Å². The molecule has 1 aromatic heterocycles. The number of hydrogen-bond acceptors (Lipinski definition) is 10. The number of nitriles is 1. The van der Waals surface area contributed by atoms with Crippen molar-refractivity contribution in [3.05, 3.63) is 82.3 Å². The van der Waals surface area contributed by atoms with E-state index in [0.717, 1.165) is 29.1 Å². The molecule has 1 unspecified atom stereocenters. The van der Waals surface area contributed by atoms with E-state index in [4.69, 9.17) is 10.5 Å². The molecule has 5 rings (SSSR count). The molecule has 2 aromatic carbocycles. The van der Waals surface area contributed by atoms with Gasteiger partial charge in [-0.25, -0.2) is 0 Å². The third kappa shape index (κ3) is 5.99. The molecule has 1 amide bonds. The first-order valence-corrected chi connectivity index (χ1v) is 15.3. The molecule has 1 aliphatic heterocycles. The van der Waals surface area contributed by atoms with E-state index in [1.54, 1.807) is 4.90 Å². The van der Waals surface area contributed by atoms with Gasteiger partial charge in [0.1, 0.15) is 11.6 Å². The van der Waals surface area contributed by atoms with Crippen LogP contribution in [0.15, 0.2) is 75.5 Å². The average Bonchev–Trinajstić information content (AvgIpc) is 3.45. The van der Waals surface area contributed by atoms with E-state index >= 15 is 0 Å². The Hall–Kier alpha value is -4.14. The molecule has 0 spiro atoms. The number of anilines is 2. The van der Waals surface area contributed by atoms with Crippen molar-refractivity contribution in [3.8, 4) is 11.8 Å². The molecule has 11 heteroatoms. The van der Waals surface area contributed by atoms with Crippen LogP contribution in [-0.4, -0.2) is 34.2 Å². The second-order valence-corrected chi connectivity index (χ2v) is 11.7. The molecule has 0 saturated heterocycles. The third-order valence-electron chi connectivity index (χ3n) is 7.00. The van der Waals surface area contributed by atoms with Gasteiger partial charge in [0.2, 0.25) is 11.0 Å². The summed E-state index contributed by atoms with van der Waals surface area (Å²) in [6.45, 7) is 4.54. The van der Waals surface area contributed by atoms with Gasteiger partial charge in [-0.15, -0.1) is 10.2 Å². The van der Waals surface area contributed by atoms with Gasteiger partial charge in [0.05, 0.1) is 29.9 Å². The van der Waals surface area contributed by atoms with Gasteiger partial charge in [-0.1, -0.05) is 54.3 Å². The number of Topliss-reactive ketones (excluding diaryl/α,β-unsaturated/α-hetero) is 1. The van der Waals surface area contributed by atoms with Crippen LogP contribution in [0.25, 0.3) is 0 Å². The fourth-order valence-electron chi connectivity index (χ4n) is 5.06. The number of aromatic nitrogens is 2. The van der Waals surface area contributed by atoms with E-state index in [-0.39, 0.29) is 23.3 Å². The van der Waals surface area contributed by atoms with Gasteiger partial charge >= 0.3 is 0 Å². The summed E-state index contributed by atoms with van der Waals surface area (Å²) in [6.07, 6.45) is 2.64. The summed E-state index contributed by atoms with van der Waals surface area (Å²) in [5.41, 5.74) is 11.0. The molecule has 3 aromatic rings. The van der Waals surface area contributed by atoms with Crippen LogP contribution in [-0.2, 0) is 16.0 Å². The van der Waals surface area contributed by atoms with E-state index in [9.17, 15) is 14.9 Å². The summed E-state index contributed by atoms with van der Waals surface area (Å²) in [6, 6.07) is 17.5. The summed E-state index contributed by atoms with van der Waals surface area (Å²) in [5, 5.41) is 22.2. The predicted molar refractivity (Wildman–Crippen MR) is 161 cm³/mol. The number of thioether (sulfide) groups is 1. The zero-order chi connectivity index (χ0) is 28.9. The summed E-state index contributed by atoms with van der Waals surface area (Å²) < 4.78 is 6.15. The Kier molecular flexibility index (Phi) is 8.71. The average molecular weight is 587 g/mol. The summed E-state index contributed by atoms with van der Waals surface area (Å²) in [7, 11) is 0. The van der Waals surface area contributed by atoms with Gasteiger partial charge < -0.3 is 15.8 Å². The van der Waals surface area contributed by atoms with Crippen molar-refractivity contribution in [2.45, 2.75) is 49.8 Å². The SMILES string of the molecule is CCOc1ccc(C2C(C#N)=C(N)N(c3nnc(SCC(=O)Nc4ccc(CC)cc4)s3)C3=C2C(=O)CCC3)cc1. The largest absolute Gasteiger partial charge is 0.494 e. The molecule has 0 saturated carbocycles. The Bertz CT molecular complexity index is 1550. The number of ketones is 1. The molecule has 3 N–H and O–H groups in total. The van der Waals surface area contributed by atoms with Crippen LogP contribution in [0.4, 0.5) is 10.8 Å². The minimum absolute atomic E-state index is 0.00172. The molecule has 9 nitrogen and oxygen atoms in total. The monoisotopic (exact) mass is 586 g/mol. The fourth-order valence-corrected chi connectivity index (χ4v) is 6.74. The maximum atomic E-state index is 13.3. The highest BCUT2D eigenvalue weighted by Crippen LogP contribution is 2.47. The number of nitrogens with two attached hydrogens (primary N) is 1. The number of allylic oxidation sites excluding steroid dienone is 3. The number of rotatable bonds is 9. The zero-order valence-electron chi connectivity index (χ0n) is 22.8. The normalized spacial score (nSPS) is 16.9. The Morgan fingerprint density at radius 2 is 1.93 bits per heavy atom. The molecular weight excluding hydrogens is 557 g/mol. The highest BCUT2D eigenvalue weighted by molar-refractivity contribution is 8.01. The number of nitrogens with one attached hydrogen (secondary N) is 1. The van der Waals surface area contributed by atoms with E-state index in [1.807, 2.05) is 55.5 Å². The number of carbonyl (C=O) groups excluding carboxylic acids is 2. The standard InChI is InChI=1S/C30H30N6O3S2/c1-3-18-8-12-20(13-9-18)33-25(38)17-40-30-35-34-29(41-30)36-23-6-5-7-24(37)27(23)26(22(16-31)28(36)32)19-10-14-21(15-11-19)39-4-2/h8-15,26H,3-7,17,32H2,1-2H3,(H,33,38). The number of aryl methyl sites for hydroxylation is 1. The summed E-state index contributed by atoms with van der Waals surface area (Å²) >= 11 is 2.54. The Morgan fingerprint density at radius 3 is 2.61 bits per heavy atom. The van der Waals surface area contributed by atoms with Crippen molar-refractivity contribution in [1.29, 1.82) is 5.26 Å². The molecule has 210 valence electrons. The van der Waals surface area contributed by atoms with Crippen LogP contribution in [0.1, 0.15) is 50.2 Å². The lowest BCUT2D eigenvalue weighted by atomic mass is 9.76. The van der Waals surface area contributed by atoms with Gasteiger partial charge in [-0.3, -0.25) is 14.5 Å². The van der Waals surface area contributed by atoms with Gasteiger partial charge in [-0.05, 0) is 61.6 Å². The molecule has 0 bridgehead atoms. The van der Waals surface area contributed by atoms with E-state index in [2.05, 4.69) is 28.5 Å². The minimum atomic E-state index is -0.563. The van der Waals surface area contributed by atoms with Gasteiger partial charge in [-0.2, -0.15) is 5.26 Å². The number of nitrogens with zero attached hydrogens (tertiary/aromatic N) is 4. The van der Waals surface area contributed by atoms with E-state index in [0.29, 0.717) is 46.5 Å². The lowest BCUT2D eigenvalue weighted by Crippen LogP contribution is -2.38. The van der Waals surface area contributed by atoms with Crippen molar-refractivity contribution in [1.82, 2.24) is 10.2 Å². The number of carbonyl (C=O) groups is 2. The molecule has 2 heterocycles. The quantitative estimate of drug-likeness (QED) is 0.310. The lowest BCUT2D eigenvalue weighted by molar-refractivity contribution is -0.116. The van der Waals surface area contributed by atoms with Crippen molar-refractivity contribution in [2.75, 3.05) is 22.6 Å². The van der Waals surface area contributed by atoms with Crippen molar-refractivity contribution >= 4 is 45.6 Å². The van der Waals surface area contributed by atoms with Crippen molar-refractivity contribution in [2.24, 2.45) is 5.73 Å². The molecule has 0 radical (unpaired) electrons. The van der Waals surface area contributed by atoms with Crippen molar-refractivity contribution in [3.63, 3.8) is 0 Å². The third-order valence-corrected chi connectivity index (χ3v) is 9.04. The maximum Gasteiger partial charge on any atom is 0.234 e. The number of amides is 1. The van der Waals surface area contributed by atoms with Crippen LogP contribution in [0.5, 0.6) is 5.75 Å². The lowest BCUT2D eigenvalue weighted by Gasteiger charge is -2.38. The Labute approximate surface area is 247 Å². The fraction of sp³-hybridized carbons (Fsp3) is 0.300. The Balaban J connectivity index is 1.38. The van der Waals surface area contributed by atoms with Crippen LogP contribution >= 0.6 is 23.1 Å². The molecule has 0 fully saturated rings. The van der Waals surface area contributed by atoms with E-state index < -0.39 is 5.92 Å². The first-order chi connectivity index (χ1) is 19.9. The summed E-state index contributed by atoms with van der Waals surface area (Å²) in [5.74, 6) is 0.396. The number of benzene rings is 2. The van der Waals surface area contributed by atoms with Crippen LogP contribution in [0, 0.1) is 11.3 Å². The highest BCUT2D eigenvalue weighted by Gasteiger charge is 2.41. The minimum Gasteiger partial charge on any atom is -0.494 e. The number of hydrogen-bond donors (Lipinski definition) is 2. The van der Waals surface area contributed by atoms with Crippen LogP contribution in [0.3, 0.4) is 0 Å². The van der Waals surface area contributed by atoms with Crippen LogP contribution < -0.4 is 20.7 Å². The Morgan fingerprint density at radius 1 is 1.17 bits per heavy atom. The van der Waals surface area contributed by atoms with Gasteiger partial charge in [0.15, 0.2) is 10.1 Å². The zero-order valence-corrected chi connectivity index (χ0v) is 24.5. The summed E-state index contributed by atoms with van der Waals surface area (Å²) in [4.78, 5) is 27.6. The highest BCUT2D eigenvalue weighted by atomic mass is 32.2. The molecule has 41 heavy (non-hydrogen) atoms. The van der Waals surface area contributed by atoms with Crippen LogP contribution in [0.2, 0.25) is 0 Å².